The Balaban J connectivity index is 1.52. The standard InChI is InChI=1S/C23H26N2O4/c1-4-17-6-9-20(10-7-17)25-13-18(12-22(25)27)23(28)29-14-21(26)24-19-8-5-15(2)16(3)11-19/h5-11,18H,4,12-14H2,1-3H3,(H,24,26)/t18-/m0/s1. The van der Waals surface area contributed by atoms with Crippen LogP contribution in [0.15, 0.2) is 42.5 Å². The largest absolute Gasteiger partial charge is 0.455 e. The second-order valence-corrected chi connectivity index (χ2v) is 7.38. The van der Waals surface area contributed by atoms with E-state index in [1.807, 2.05) is 50.2 Å². The van der Waals surface area contributed by atoms with E-state index in [0.717, 1.165) is 23.2 Å². The molecule has 6 heteroatoms. The summed E-state index contributed by atoms with van der Waals surface area (Å²) in [5.74, 6) is -1.61. The van der Waals surface area contributed by atoms with Crippen LogP contribution in [0.2, 0.25) is 0 Å². The maximum Gasteiger partial charge on any atom is 0.311 e. The number of carbonyl (C=O) groups excluding carboxylic acids is 3. The number of amides is 2. The van der Waals surface area contributed by atoms with Gasteiger partial charge in [0.15, 0.2) is 6.61 Å². The molecule has 1 N–H and O–H groups in total. The monoisotopic (exact) mass is 394 g/mol. The Kier molecular flexibility index (Phi) is 6.32. The molecule has 1 aliphatic heterocycles. The summed E-state index contributed by atoms with van der Waals surface area (Å²) in [6, 6.07) is 13.3. The number of aryl methyl sites for hydroxylation is 3. The molecule has 152 valence electrons. The molecule has 1 saturated heterocycles. The summed E-state index contributed by atoms with van der Waals surface area (Å²) < 4.78 is 5.15. The van der Waals surface area contributed by atoms with Gasteiger partial charge in [0.25, 0.3) is 5.91 Å². The van der Waals surface area contributed by atoms with Crippen molar-refractivity contribution in [3.05, 3.63) is 59.2 Å². The highest BCUT2D eigenvalue weighted by atomic mass is 16.5. The summed E-state index contributed by atoms with van der Waals surface area (Å²) in [7, 11) is 0. The van der Waals surface area contributed by atoms with E-state index in [4.69, 9.17) is 4.74 Å². The van der Waals surface area contributed by atoms with Gasteiger partial charge in [0.1, 0.15) is 0 Å². The number of rotatable bonds is 6. The topological polar surface area (TPSA) is 75.7 Å². The van der Waals surface area contributed by atoms with Crippen LogP contribution in [-0.4, -0.2) is 30.9 Å². The maximum atomic E-state index is 12.3. The van der Waals surface area contributed by atoms with E-state index in [1.165, 1.54) is 5.56 Å². The fraction of sp³-hybridized carbons (Fsp3) is 0.348. The zero-order valence-electron chi connectivity index (χ0n) is 17.0. The molecule has 0 radical (unpaired) electrons. The molecule has 29 heavy (non-hydrogen) atoms. The third-order valence-corrected chi connectivity index (χ3v) is 5.25. The van der Waals surface area contributed by atoms with E-state index >= 15 is 0 Å². The third kappa shape index (κ3) is 5.02. The molecule has 0 unspecified atom stereocenters. The van der Waals surface area contributed by atoms with Crippen LogP contribution in [0.1, 0.15) is 30.0 Å². The summed E-state index contributed by atoms with van der Waals surface area (Å²) in [6.07, 6.45) is 1.01. The molecule has 1 fully saturated rings. The Morgan fingerprint density at radius 2 is 1.83 bits per heavy atom. The lowest BCUT2D eigenvalue weighted by Crippen LogP contribution is -2.28. The first-order chi connectivity index (χ1) is 13.9. The Hall–Kier alpha value is -3.15. The number of ether oxygens (including phenoxy) is 1. The highest BCUT2D eigenvalue weighted by Gasteiger charge is 2.36. The second-order valence-electron chi connectivity index (χ2n) is 7.38. The summed E-state index contributed by atoms with van der Waals surface area (Å²) in [6.45, 7) is 5.92. The van der Waals surface area contributed by atoms with Crippen LogP contribution >= 0.6 is 0 Å². The molecule has 0 spiro atoms. The smallest absolute Gasteiger partial charge is 0.311 e. The lowest BCUT2D eigenvalue weighted by atomic mass is 10.1. The number of nitrogens with one attached hydrogen (secondary N) is 1. The minimum absolute atomic E-state index is 0.0904. The van der Waals surface area contributed by atoms with Crippen LogP contribution in [0.25, 0.3) is 0 Å². The van der Waals surface area contributed by atoms with Crippen molar-refractivity contribution in [2.45, 2.75) is 33.6 Å². The Morgan fingerprint density at radius 3 is 2.48 bits per heavy atom. The fourth-order valence-corrected chi connectivity index (χ4v) is 3.30. The molecule has 1 aliphatic rings. The van der Waals surface area contributed by atoms with Crippen molar-refractivity contribution < 1.29 is 19.1 Å². The predicted octanol–water partition coefficient (Wildman–Crippen LogP) is 3.40. The number of benzene rings is 2. The minimum Gasteiger partial charge on any atom is -0.455 e. The van der Waals surface area contributed by atoms with Gasteiger partial charge in [-0.25, -0.2) is 0 Å². The van der Waals surface area contributed by atoms with Crippen molar-refractivity contribution >= 4 is 29.2 Å². The lowest BCUT2D eigenvalue weighted by molar-refractivity contribution is -0.151. The number of hydrogen-bond acceptors (Lipinski definition) is 4. The second kappa shape index (κ2) is 8.90. The first-order valence-corrected chi connectivity index (χ1v) is 9.80. The quantitative estimate of drug-likeness (QED) is 0.762. The summed E-state index contributed by atoms with van der Waals surface area (Å²) in [5, 5.41) is 2.72. The van der Waals surface area contributed by atoms with Crippen molar-refractivity contribution in [2.75, 3.05) is 23.4 Å². The molecule has 0 bridgehead atoms. The van der Waals surface area contributed by atoms with Crippen LogP contribution in [-0.2, 0) is 25.5 Å². The molecule has 2 aromatic carbocycles. The van der Waals surface area contributed by atoms with Gasteiger partial charge < -0.3 is 15.0 Å². The first kappa shape index (κ1) is 20.6. The zero-order valence-corrected chi connectivity index (χ0v) is 17.0. The van der Waals surface area contributed by atoms with E-state index < -0.39 is 17.8 Å². The summed E-state index contributed by atoms with van der Waals surface area (Å²) >= 11 is 0. The van der Waals surface area contributed by atoms with Gasteiger partial charge in [0.2, 0.25) is 5.91 Å². The molecule has 2 aromatic rings. The van der Waals surface area contributed by atoms with Gasteiger partial charge in [-0.1, -0.05) is 25.1 Å². The zero-order chi connectivity index (χ0) is 21.0. The number of hydrogen-bond donors (Lipinski definition) is 1. The Morgan fingerprint density at radius 1 is 1.10 bits per heavy atom. The fourth-order valence-electron chi connectivity index (χ4n) is 3.30. The molecule has 0 aliphatic carbocycles. The Bertz CT molecular complexity index is 921. The van der Waals surface area contributed by atoms with Gasteiger partial charge in [-0.05, 0) is 61.2 Å². The van der Waals surface area contributed by atoms with E-state index in [1.54, 1.807) is 11.0 Å². The van der Waals surface area contributed by atoms with Gasteiger partial charge in [0.05, 0.1) is 5.92 Å². The number of carbonyl (C=O) groups is 3. The summed E-state index contributed by atoms with van der Waals surface area (Å²) in [4.78, 5) is 38.3. The molecular formula is C23H26N2O4. The van der Waals surface area contributed by atoms with E-state index in [0.29, 0.717) is 5.69 Å². The number of anilines is 2. The van der Waals surface area contributed by atoms with Crippen molar-refractivity contribution in [3.63, 3.8) is 0 Å². The Labute approximate surface area is 170 Å². The van der Waals surface area contributed by atoms with Crippen LogP contribution in [0.4, 0.5) is 11.4 Å². The van der Waals surface area contributed by atoms with Gasteiger partial charge in [-0.2, -0.15) is 0 Å². The van der Waals surface area contributed by atoms with Crippen LogP contribution in [0.5, 0.6) is 0 Å². The average molecular weight is 394 g/mol. The summed E-state index contributed by atoms with van der Waals surface area (Å²) in [5.41, 5.74) is 4.82. The van der Waals surface area contributed by atoms with Crippen molar-refractivity contribution in [1.29, 1.82) is 0 Å². The molecule has 1 atom stereocenters. The van der Waals surface area contributed by atoms with Gasteiger partial charge in [0, 0.05) is 24.3 Å². The van der Waals surface area contributed by atoms with Crippen molar-refractivity contribution in [3.8, 4) is 0 Å². The number of nitrogens with zero attached hydrogens (tertiary/aromatic N) is 1. The highest BCUT2D eigenvalue weighted by Crippen LogP contribution is 2.26. The van der Waals surface area contributed by atoms with Crippen molar-refractivity contribution in [1.82, 2.24) is 0 Å². The predicted molar refractivity (Wildman–Crippen MR) is 112 cm³/mol. The molecule has 3 rings (SSSR count). The normalized spacial score (nSPS) is 16.0. The van der Waals surface area contributed by atoms with E-state index in [-0.39, 0.29) is 25.5 Å². The van der Waals surface area contributed by atoms with Crippen molar-refractivity contribution in [2.24, 2.45) is 5.92 Å². The van der Waals surface area contributed by atoms with Crippen LogP contribution in [0, 0.1) is 19.8 Å². The SMILES string of the molecule is CCc1ccc(N2C[C@@H](C(=O)OCC(=O)Nc3ccc(C)c(C)c3)CC2=O)cc1. The van der Waals surface area contributed by atoms with Gasteiger partial charge in [-0.3, -0.25) is 14.4 Å². The van der Waals surface area contributed by atoms with Crippen LogP contribution < -0.4 is 10.2 Å². The molecule has 6 nitrogen and oxygen atoms in total. The minimum atomic E-state index is -0.567. The molecule has 1 heterocycles. The molecular weight excluding hydrogens is 368 g/mol. The highest BCUT2D eigenvalue weighted by molar-refractivity contribution is 6.00. The third-order valence-electron chi connectivity index (χ3n) is 5.25. The average Bonchev–Trinajstić information content (AvgIpc) is 3.11. The van der Waals surface area contributed by atoms with Gasteiger partial charge >= 0.3 is 5.97 Å². The van der Waals surface area contributed by atoms with E-state index in [9.17, 15) is 14.4 Å². The molecule has 0 saturated carbocycles. The lowest BCUT2D eigenvalue weighted by Gasteiger charge is -2.17. The number of esters is 1. The van der Waals surface area contributed by atoms with E-state index in [2.05, 4.69) is 12.2 Å². The maximum absolute atomic E-state index is 12.3. The molecule has 2 amide bonds. The first-order valence-electron chi connectivity index (χ1n) is 9.80. The van der Waals surface area contributed by atoms with Crippen LogP contribution in [0.3, 0.4) is 0 Å². The molecule has 0 aromatic heterocycles. The van der Waals surface area contributed by atoms with Gasteiger partial charge in [-0.15, -0.1) is 0 Å².